The summed E-state index contributed by atoms with van der Waals surface area (Å²) in [5.41, 5.74) is 0. The van der Waals surface area contributed by atoms with Crippen LogP contribution in [0.5, 0.6) is 0 Å². The van der Waals surface area contributed by atoms with E-state index in [-0.39, 0.29) is 0 Å². The van der Waals surface area contributed by atoms with Gasteiger partial charge in [-0.15, -0.1) is 0 Å². The third-order valence-electron chi connectivity index (χ3n) is 1.65. The molecule has 0 amide bonds. The molecule has 0 saturated heterocycles. The van der Waals surface area contributed by atoms with E-state index >= 15 is 0 Å². The molecule has 0 aromatic heterocycles. The normalized spacial score (nSPS) is 9.25. The molecule has 4 heteroatoms. The third kappa shape index (κ3) is 5.17. The van der Waals surface area contributed by atoms with Crippen molar-refractivity contribution in [2.24, 2.45) is 0 Å². The van der Waals surface area contributed by atoms with Crippen molar-refractivity contribution >= 4 is 66.1 Å². The van der Waals surface area contributed by atoms with E-state index < -0.39 is 0 Å². The Kier molecular flexibility index (Phi) is 6.96. The summed E-state index contributed by atoms with van der Waals surface area (Å²) in [6.07, 6.45) is 0. The Morgan fingerprint density at radius 1 is 0.812 bits per heavy atom. The van der Waals surface area contributed by atoms with Crippen molar-refractivity contribution in [3.05, 3.63) is 66.1 Å². The Bertz CT molecular complexity index is 375. The zero-order valence-corrected chi connectivity index (χ0v) is 14.2. The van der Waals surface area contributed by atoms with Crippen LogP contribution in [0.3, 0.4) is 0 Å². The number of hydrogen-bond acceptors (Lipinski definition) is 0. The summed E-state index contributed by atoms with van der Waals surface area (Å²) in [5.74, 6) is 0. The van der Waals surface area contributed by atoms with Crippen molar-refractivity contribution in [1.82, 2.24) is 0 Å². The fourth-order valence-electron chi connectivity index (χ4n) is 0.879. The summed E-state index contributed by atoms with van der Waals surface area (Å²) < 4.78 is 3.37. The van der Waals surface area contributed by atoms with Crippen LogP contribution in [0.2, 0.25) is 5.02 Å². The van der Waals surface area contributed by atoms with Gasteiger partial charge in [-0.3, -0.25) is 0 Å². The second-order valence-electron chi connectivity index (χ2n) is 2.83. The van der Waals surface area contributed by atoms with E-state index in [1.54, 1.807) is 0 Å². The molecule has 0 N–H and O–H groups in total. The lowest BCUT2D eigenvalue weighted by Crippen LogP contribution is -1.68. The van der Waals surface area contributed by atoms with Crippen LogP contribution >= 0.6 is 66.1 Å². The van der Waals surface area contributed by atoms with Crippen LogP contribution in [0.1, 0.15) is 0 Å². The van der Waals surface area contributed by atoms with Crippen LogP contribution < -0.4 is 0 Å². The Morgan fingerprint density at radius 3 is 1.62 bits per heavy atom. The Morgan fingerprint density at radius 2 is 1.31 bits per heavy atom. The Hall–Kier alpha value is 0.420. The highest BCUT2D eigenvalue weighted by Crippen LogP contribution is 2.20. The highest BCUT2D eigenvalue weighted by Gasteiger charge is 1.89. The number of halogens is 4. The first-order valence-corrected chi connectivity index (χ1v) is 7.45. The summed E-state index contributed by atoms with van der Waals surface area (Å²) in [4.78, 5) is 0. The van der Waals surface area contributed by atoms with Gasteiger partial charge in [0.1, 0.15) is 0 Å². The molecule has 2 aromatic rings. The van der Waals surface area contributed by atoms with Crippen LogP contribution in [0, 0.1) is 3.57 Å². The van der Waals surface area contributed by atoms with Crippen LogP contribution in [-0.2, 0) is 0 Å². The fourth-order valence-corrected chi connectivity index (χ4v) is 1.97. The van der Waals surface area contributed by atoms with Crippen molar-refractivity contribution in [2.45, 2.75) is 0 Å². The topological polar surface area (TPSA) is 0 Å². The lowest BCUT2D eigenvalue weighted by atomic mass is 10.4. The van der Waals surface area contributed by atoms with Gasteiger partial charge in [-0.2, -0.15) is 0 Å². The minimum atomic E-state index is 0.757. The number of rotatable bonds is 0. The highest BCUT2D eigenvalue weighted by atomic mass is 127. The smallest absolute Gasteiger partial charge is 0.0548 e. The van der Waals surface area contributed by atoms with Gasteiger partial charge < -0.3 is 0 Å². The van der Waals surface area contributed by atoms with E-state index in [2.05, 4.69) is 60.5 Å². The molecular weight excluding hydrogens is 466 g/mol. The van der Waals surface area contributed by atoms with Crippen molar-refractivity contribution in [2.75, 3.05) is 0 Å². The molecule has 16 heavy (non-hydrogen) atoms. The molecule has 0 aliphatic heterocycles. The maximum absolute atomic E-state index is 5.66. The summed E-state index contributed by atoms with van der Waals surface area (Å²) in [6, 6.07) is 15.7. The second kappa shape index (κ2) is 7.69. The van der Waals surface area contributed by atoms with Crippen molar-refractivity contribution in [1.29, 1.82) is 0 Å². The quantitative estimate of drug-likeness (QED) is 0.402. The molecule has 2 rings (SSSR count). The third-order valence-corrected chi connectivity index (χ3v) is 5.27. The zero-order valence-electron chi connectivity index (χ0n) is 8.13. The lowest BCUT2D eigenvalue weighted by molar-refractivity contribution is 1.59. The molecular formula is C12H8Br2ClI. The molecule has 0 spiro atoms. The molecule has 0 fully saturated rings. The van der Waals surface area contributed by atoms with Gasteiger partial charge in [0.25, 0.3) is 0 Å². The van der Waals surface area contributed by atoms with Gasteiger partial charge in [0, 0.05) is 12.5 Å². The molecule has 0 saturated carbocycles. The van der Waals surface area contributed by atoms with E-state index in [1.165, 1.54) is 8.04 Å². The predicted octanol–water partition coefficient (Wildman–Crippen LogP) is 6.16. The van der Waals surface area contributed by atoms with Gasteiger partial charge >= 0.3 is 0 Å². The molecule has 0 aliphatic rings. The van der Waals surface area contributed by atoms with E-state index in [4.69, 9.17) is 11.6 Å². The zero-order chi connectivity index (χ0) is 12.0. The lowest BCUT2D eigenvalue weighted by Gasteiger charge is -1.89. The van der Waals surface area contributed by atoms with Crippen molar-refractivity contribution in [3.63, 3.8) is 0 Å². The second-order valence-corrected chi connectivity index (χ2v) is 6.11. The van der Waals surface area contributed by atoms with Crippen LogP contribution in [0.4, 0.5) is 0 Å². The van der Waals surface area contributed by atoms with Gasteiger partial charge in [-0.05, 0) is 78.7 Å². The minimum absolute atomic E-state index is 0.757. The first-order valence-electron chi connectivity index (χ1n) is 4.41. The largest absolute Gasteiger partial charge is 0.0831 e. The predicted molar refractivity (Wildman–Crippen MR) is 86.0 cm³/mol. The van der Waals surface area contributed by atoms with Crippen molar-refractivity contribution in [3.8, 4) is 0 Å². The molecule has 0 bridgehead atoms. The van der Waals surface area contributed by atoms with Crippen LogP contribution in [0.15, 0.2) is 57.5 Å². The SMILES string of the molecule is Brc1ccccc1I.Clc1ccccc1Br. The molecule has 0 radical (unpaired) electrons. The molecule has 0 unspecified atom stereocenters. The van der Waals surface area contributed by atoms with Crippen LogP contribution in [-0.4, -0.2) is 0 Å². The van der Waals surface area contributed by atoms with Crippen molar-refractivity contribution < 1.29 is 0 Å². The Balaban J connectivity index is 0.000000160. The van der Waals surface area contributed by atoms with E-state index in [1.807, 2.05) is 42.5 Å². The Labute approximate surface area is 131 Å². The van der Waals surface area contributed by atoms with Gasteiger partial charge in [0.05, 0.1) is 5.02 Å². The van der Waals surface area contributed by atoms with Gasteiger partial charge in [0.2, 0.25) is 0 Å². The van der Waals surface area contributed by atoms with Gasteiger partial charge in [0.15, 0.2) is 0 Å². The summed E-state index contributed by atoms with van der Waals surface area (Å²) >= 11 is 14.6. The maximum atomic E-state index is 5.66. The molecule has 2 aromatic carbocycles. The van der Waals surface area contributed by atoms with Gasteiger partial charge in [-0.25, -0.2) is 0 Å². The van der Waals surface area contributed by atoms with E-state index in [0.717, 1.165) is 9.50 Å². The standard InChI is InChI=1S/C6H4BrCl.C6H4BrI/c2*7-5-3-1-2-4-6(5)8/h2*1-4H. The molecule has 0 heterocycles. The monoisotopic (exact) mass is 472 g/mol. The summed E-state index contributed by atoms with van der Waals surface area (Å²) in [5, 5.41) is 0.757. The highest BCUT2D eigenvalue weighted by molar-refractivity contribution is 14.1. The first kappa shape index (κ1) is 14.5. The van der Waals surface area contributed by atoms with E-state index in [0.29, 0.717) is 0 Å². The fraction of sp³-hybridized carbons (Fsp3) is 0. The average Bonchev–Trinajstić information content (AvgIpc) is 2.28. The molecule has 0 nitrogen and oxygen atoms in total. The molecule has 0 aliphatic carbocycles. The average molecular weight is 474 g/mol. The van der Waals surface area contributed by atoms with Gasteiger partial charge in [-0.1, -0.05) is 35.9 Å². The molecule has 84 valence electrons. The number of benzene rings is 2. The number of hydrogen-bond donors (Lipinski definition) is 0. The minimum Gasteiger partial charge on any atom is -0.0831 e. The first-order chi connectivity index (χ1) is 7.61. The van der Waals surface area contributed by atoms with E-state index in [9.17, 15) is 0 Å². The summed E-state index contributed by atoms with van der Waals surface area (Å²) in [7, 11) is 0. The van der Waals surface area contributed by atoms with Crippen LogP contribution in [0.25, 0.3) is 0 Å². The molecule has 0 atom stereocenters. The maximum Gasteiger partial charge on any atom is 0.0548 e. The summed E-state index contributed by atoms with van der Waals surface area (Å²) in [6.45, 7) is 0.